The third kappa shape index (κ3) is 3.49. The largest absolute Gasteiger partial charge is 0.327 e. The number of hydrogen-bond donors (Lipinski definition) is 0. The summed E-state index contributed by atoms with van der Waals surface area (Å²) in [5, 5.41) is 12.1. The van der Waals surface area contributed by atoms with E-state index in [2.05, 4.69) is 15.3 Å². The van der Waals surface area contributed by atoms with Crippen molar-refractivity contribution in [1.29, 1.82) is 0 Å². The third-order valence-electron chi connectivity index (χ3n) is 7.01. The maximum Gasteiger partial charge on any atom is 0.254 e. The first kappa shape index (κ1) is 22.4. The summed E-state index contributed by atoms with van der Waals surface area (Å²) < 4.78 is 59.1. The summed E-state index contributed by atoms with van der Waals surface area (Å²) in [6.07, 6.45) is 5.48. The summed E-state index contributed by atoms with van der Waals surface area (Å²) in [4.78, 5) is 15.5. The molecule has 184 valence electrons. The van der Waals surface area contributed by atoms with Crippen LogP contribution >= 0.6 is 0 Å². The lowest BCUT2D eigenvalue weighted by atomic mass is 9.81. The molecule has 2 bridgehead atoms. The van der Waals surface area contributed by atoms with E-state index in [1.807, 2.05) is 0 Å². The minimum Gasteiger partial charge on any atom is -0.327 e. The molecule has 0 N–H and O–H groups in total. The molecule has 2 aliphatic heterocycles. The summed E-state index contributed by atoms with van der Waals surface area (Å²) in [5.74, 6) is -4.96. The van der Waals surface area contributed by atoms with Crippen LogP contribution < -0.4 is 0 Å². The van der Waals surface area contributed by atoms with Crippen LogP contribution in [-0.2, 0) is 13.5 Å². The average Bonchev–Trinajstić information content (AvgIpc) is 3.49. The predicted molar refractivity (Wildman–Crippen MR) is 120 cm³/mol. The quantitative estimate of drug-likeness (QED) is 0.309. The minimum atomic E-state index is -1.52. The van der Waals surface area contributed by atoms with Crippen LogP contribution in [0.15, 0.2) is 43.0 Å². The molecule has 11 heteroatoms. The number of carbonyl (C=O) groups excluding carboxylic acids is 1. The Morgan fingerprint density at radius 2 is 1.69 bits per heavy atom. The number of carbonyl (C=O) groups is 1. The number of halogens is 4. The topological polar surface area (TPSA) is 68.8 Å². The number of aromatic nitrogens is 5. The molecule has 2 atom stereocenters. The predicted octanol–water partition coefficient (Wildman–Crippen LogP) is 4.52. The van der Waals surface area contributed by atoms with E-state index < -0.39 is 23.3 Å². The van der Waals surface area contributed by atoms with Crippen molar-refractivity contribution < 1.29 is 22.4 Å². The second-order valence-corrected chi connectivity index (χ2v) is 9.17. The SMILES string of the molecule is Cn1nc2c(c1-c1cc(F)c(F)c(F)c1)C[C@@H]1CCC[C@H]2N1C(=O)c1cc(F)cc(-n2cnnc2)c1. The van der Waals surface area contributed by atoms with Crippen molar-refractivity contribution in [2.75, 3.05) is 0 Å². The van der Waals surface area contributed by atoms with Crippen molar-refractivity contribution in [2.24, 2.45) is 7.05 Å². The summed E-state index contributed by atoms with van der Waals surface area (Å²) in [7, 11) is 1.65. The molecule has 2 aromatic carbocycles. The second kappa shape index (κ2) is 8.28. The highest BCUT2D eigenvalue weighted by Gasteiger charge is 2.43. The van der Waals surface area contributed by atoms with E-state index in [4.69, 9.17) is 0 Å². The lowest BCUT2D eigenvalue weighted by Crippen LogP contribution is -2.49. The first-order chi connectivity index (χ1) is 17.3. The fraction of sp³-hybridized carbons (Fsp3) is 0.280. The van der Waals surface area contributed by atoms with Gasteiger partial charge >= 0.3 is 0 Å². The Balaban J connectivity index is 1.41. The number of nitrogens with zero attached hydrogens (tertiary/aromatic N) is 6. The van der Waals surface area contributed by atoms with E-state index in [9.17, 15) is 22.4 Å². The van der Waals surface area contributed by atoms with Gasteiger partial charge in [0.15, 0.2) is 17.5 Å². The molecule has 1 fully saturated rings. The van der Waals surface area contributed by atoms with Gasteiger partial charge in [0.1, 0.15) is 18.5 Å². The van der Waals surface area contributed by atoms with Gasteiger partial charge in [-0.1, -0.05) is 0 Å². The molecular weight excluding hydrogens is 476 g/mol. The van der Waals surface area contributed by atoms with Crippen molar-refractivity contribution in [3.8, 4) is 16.9 Å². The van der Waals surface area contributed by atoms with Crippen LogP contribution in [-0.4, -0.2) is 41.4 Å². The maximum absolute atomic E-state index is 14.5. The number of fused-ring (bicyclic) bond motifs is 4. The molecule has 2 aliphatic rings. The third-order valence-corrected chi connectivity index (χ3v) is 7.01. The van der Waals surface area contributed by atoms with Crippen molar-refractivity contribution in [3.63, 3.8) is 0 Å². The molecule has 0 unspecified atom stereocenters. The number of amides is 1. The molecule has 4 heterocycles. The lowest BCUT2D eigenvalue weighted by molar-refractivity contribution is 0.0391. The minimum absolute atomic E-state index is 0.184. The molecule has 7 nitrogen and oxygen atoms in total. The van der Waals surface area contributed by atoms with E-state index in [-0.39, 0.29) is 29.1 Å². The van der Waals surface area contributed by atoms with Crippen molar-refractivity contribution in [2.45, 2.75) is 37.8 Å². The number of rotatable bonds is 3. The Bertz CT molecular complexity index is 1480. The van der Waals surface area contributed by atoms with Gasteiger partial charge in [-0.05, 0) is 56.0 Å². The van der Waals surface area contributed by atoms with Crippen molar-refractivity contribution >= 4 is 5.91 Å². The van der Waals surface area contributed by atoms with E-state index in [1.54, 1.807) is 18.0 Å². The number of piperidine rings is 1. The van der Waals surface area contributed by atoms with Gasteiger partial charge in [0.2, 0.25) is 0 Å². The van der Waals surface area contributed by atoms with Crippen LogP contribution in [0, 0.1) is 23.3 Å². The zero-order valence-corrected chi connectivity index (χ0v) is 19.1. The van der Waals surface area contributed by atoms with Gasteiger partial charge < -0.3 is 4.90 Å². The van der Waals surface area contributed by atoms with Gasteiger partial charge in [-0.25, -0.2) is 17.6 Å². The van der Waals surface area contributed by atoms with E-state index in [0.717, 1.165) is 30.5 Å². The van der Waals surface area contributed by atoms with Crippen LogP contribution in [0.25, 0.3) is 16.9 Å². The lowest BCUT2D eigenvalue weighted by Gasteiger charge is -2.45. The summed E-state index contributed by atoms with van der Waals surface area (Å²) >= 11 is 0. The summed E-state index contributed by atoms with van der Waals surface area (Å²) in [5.41, 5.74) is 2.71. The van der Waals surface area contributed by atoms with Crippen molar-refractivity contribution in [3.05, 3.63) is 83.1 Å². The second-order valence-electron chi connectivity index (χ2n) is 9.17. The van der Waals surface area contributed by atoms with Crippen LogP contribution in [0.2, 0.25) is 0 Å². The summed E-state index contributed by atoms with van der Waals surface area (Å²) in [6, 6.07) is 5.43. The summed E-state index contributed by atoms with van der Waals surface area (Å²) in [6.45, 7) is 0. The molecule has 0 aliphatic carbocycles. The molecule has 0 radical (unpaired) electrons. The number of benzene rings is 2. The first-order valence-corrected chi connectivity index (χ1v) is 11.5. The number of hydrogen-bond acceptors (Lipinski definition) is 4. The fourth-order valence-corrected chi connectivity index (χ4v) is 5.53. The molecule has 1 amide bonds. The highest BCUT2D eigenvalue weighted by Crippen LogP contribution is 2.45. The van der Waals surface area contributed by atoms with E-state index in [1.165, 1.54) is 34.0 Å². The Labute approximate surface area is 203 Å². The van der Waals surface area contributed by atoms with Crippen LogP contribution in [0.5, 0.6) is 0 Å². The zero-order chi connectivity index (χ0) is 25.1. The van der Waals surface area contributed by atoms with Crippen LogP contribution in [0.1, 0.15) is 46.9 Å². The molecule has 2 aromatic heterocycles. The van der Waals surface area contributed by atoms with Crippen LogP contribution in [0.3, 0.4) is 0 Å². The number of aryl methyl sites for hydroxylation is 1. The monoisotopic (exact) mass is 496 g/mol. The van der Waals surface area contributed by atoms with Gasteiger partial charge in [0.05, 0.1) is 23.1 Å². The Hall–Kier alpha value is -4.02. The molecule has 36 heavy (non-hydrogen) atoms. The normalized spacial score (nSPS) is 18.9. The molecular formula is C25H20F4N6O. The zero-order valence-electron chi connectivity index (χ0n) is 19.1. The Kier molecular flexibility index (Phi) is 5.16. The van der Waals surface area contributed by atoms with Gasteiger partial charge in [-0.15, -0.1) is 10.2 Å². The molecule has 1 saturated heterocycles. The average molecular weight is 496 g/mol. The van der Waals surface area contributed by atoms with Gasteiger partial charge in [-0.3, -0.25) is 14.0 Å². The molecule has 4 aromatic rings. The van der Waals surface area contributed by atoms with E-state index in [0.29, 0.717) is 29.9 Å². The Morgan fingerprint density at radius 1 is 0.972 bits per heavy atom. The fourth-order valence-electron chi connectivity index (χ4n) is 5.53. The molecule has 6 rings (SSSR count). The highest BCUT2D eigenvalue weighted by atomic mass is 19.2. The Morgan fingerprint density at radius 3 is 2.42 bits per heavy atom. The van der Waals surface area contributed by atoms with Gasteiger partial charge in [0.25, 0.3) is 5.91 Å². The highest BCUT2D eigenvalue weighted by molar-refractivity contribution is 5.95. The van der Waals surface area contributed by atoms with Crippen LogP contribution in [0.4, 0.5) is 17.6 Å². The molecule has 0 spiro atoms. The standard InChI is InChI=1S/C25H20F4N6O/c1-33-24(13-7-19(27)22(29)20(28)8-13)18-10-16-3-2-4-21(23(18)32-33)35(16)25(36)14-5-15(26)9-17(6-14)34-11-30-31-12-34/h5-9,11-12,16,21H,2-4,10H2,1H3/t16-,21+/m0/s1. The van der Waals surface area contributed by atoms with Gasteiger partial charge in [-0.2, -0.15) is 5.10 Å². The van der Waals surface area contributed by atoms with Gasteiger partial charge in [0, 0.05) is 29.8 Å². The maximum atomic E-state index is 14.5. The smallest absolute Gasteiger partial charge is 0.254 e. The van der Waals surface area contributed by atoms with Crippen molar-refractivity contribution in [1.82, 2.24) is 29.4 Å². The van der Waals surface area contributed by atoms with E-state index >= 15 is 0 Å². The first-order valence-electron chi connectivity index (χ1n) is 11.5. The molecule has 0 saturated carbocycles.